The molecule has 4 heterocycles. The van der Waals surface area contributed by atoms with E-state index in [1.165, 1.54) is 0 Å². The average Bonchev–Trinajstić information content (AvgIpc) is 3.16. The van der Waals surface area contributed by atoms with Crippen molar-refractivity contribution in [3.05, 3.63) is 42.4 Å². The minimum Gasteiger partial charge on any atom is -0.390 e. The molecule has 1 atom stereocenters. The van der Waals surface area contributed by atoms with Gasteiger partial charge in [0.2, 0.25) is 5.91 Å². The SMILES string of the molecule is CC(C)(O)CC(=O)N1CCC[C@@H](Nc2ccnc(-c3cnc4ccc(C#N)cn34)n2)C1. The summed E-state index contributed by atoms with van der Waals surface area (Å²) in [6.45, 7) is 4.56. The molecule has 9 nitrogen and oxygen atoms in total. The number of imidazole rings is 1. The van der Waals surface area contributed by atoms with Crippen LogP contribution in [0, 0.1) is 11.3 Å². The highest BCUT2D eigenvalue weighted by Gasteiger charge is 2.27. The number of pyridine rings is 1. The zero-order valence-electron chi connectivity index (χ0n) is 17.6. The van der Waals surface area contributed by atoms with Gasteiger partial charge in [0.05, 0.1) is 23.8 Å². The molecule has 3 aromatic rings. The highest BCUT2D eigenvalue weighted by molar-refractivity contribution is 5.77. The van der Waals surface area contributed by atoms with Gasteiger partial charge in [0.1, 0.15) is 23.2 Å². The van der Waals surface area contributed by atoms with Gasteiger partial charge in [0.25, 0.3) is 0 Å². The smallest absolute Gasteiger partial charge is 0.225 e. The van der Waals surface area contributed by atoms with Gasteiger partial charge in [-0.2, -0.15) is 5.26 Å². The van der Waals surface area contributed by atoms with Crippen molar-refractivity contribution >= 4 is 17.4 Å². The van der Waals surface area contributed by atoms with Crippen molar-refractivity contribution in [3.63, 3.8) is 0 Å². The third-order valence-corrected chi connectivity index (χ3v) is 5.23. The van der Waals surface area contributed by atoms with Gasteiger partial charge in [-0.15, -0.1) is 0 Å². The van der Waals surface area contributed by atoms with Crippen LogP contribution < -0.4 is 5.32 Å². The molecule has 0 bridgehead atoms. The maximum absolute atomic E-state index is 12.5. The predicted octanol–water partition coefficient (Wildman–Crippen LogP) is 2.23. The molecule has 1 aliphatic heterocycles. The van der Waals surface area contributed by atoms with Gasteiger partial charge in [-0.25, -0.2) is 15.0 Å². The van der Waals surface area contributed by atoms with E-state index in [2.05, 4.69) is 26.3 Å². The maximum atomic E-state index is 12.5. The van der Waals surface area contributed by atoms with Crippen LogP contribution in [0.15, 0.2) is 36.8 Å². The molecule has 0 aromatic carbocycles. The van der Waals surface area contributed by atoms with Crippen LogP contribution in [0.1, 0.15) is 38.7 Å². The largest absolute Gasteiger partial charge is 0.390 e. The van der Waals surface area contributed by atoms with Crippen LogP contribution in [0.25, 0.3) is 17.2 Å². The van der Waals surface area contributed by atoms with Crippen LogP contribution >= 0.6 is 0 Å². The van der Waals surface area contributed by atoms with Crippen LogP contribution in [-0.4, -0.2) is 60.0 Å². The number of carbonyl (C=O) groups is 1. The molecule has 1 amide bonds. The third-order valence-electron chi connectivity index (χ3n) is 5.23. The number of fused-ring (bicyclic) bond motifs is 1. The molecule has 2 N–H and O–H groups in total. The Labute approximate surface area is 180 Å². The van der Waals surface area contributed by atoms with Crippen molar-refractivity contribution in [2.45, 2.75) is 44.8 Å². The first-order chi connectivity index (χ1) is 14.8. The molecule has 3 aromatic heterocycles. The summed E-state index contributed by atoms with van der Waals surface area (Å²) in [5, 5.41) is 22.5. The number of piperidine rings is 1. The molecule has 0 unspecified atom stereocenters. The Kier molecular flexibility index (Phi) is 5.57. The quantitative estimate of drug-likeness (QED) is 0.651. The fraction of sp³-hybridized carbons (Fsp3) is 0.409. The summed E-state index contributed by atoms with van der Waals surface area (Å²) in [6, 6.07) is 7.50. The van der Waals surface area contributed by atoms with E-state index in [0.29, 0.717) is 41.6 Å². The lowest BCUT2D eigenvalue weighted by Gasteiger charge is -2.34. The first-order valence-corrected chi connectivity index (χ1v) is 10.3. The number of nitrogens with one attached hydrogen (secondary N) is 1. The lowest BCUT2D eigenvalue weighted by Crippen LogP contribution is -2.46. The minimum absolute atomic E-state index is 0.0404. The summed E-state index contributed by atoms with van der Waals surface area (Å²) in [5.41, 5.74) is 0.919. The number of amides is 1. The lowest BCUT2D eigenvalue weighted by atomic mass is 10.0. The zero-order valence-corrected chi connectivity index (χ0v) is 17.6. The molecule has 160 valence electrons. The Morgan fingerprint density at radius 2 is 2.19 bits per heavy atom. The highest BCUT2D eigenvalue weighted by Crippen LogP contribution is 2.21. The van der Waals surface area contributed by atoms with E-state index in [-0.39, 0.29) is 18.4 Å². The Morgan fingerprint density at radius 3 is 2.97 bits per heavy atom. The number of carbonyl (C=O) groups excluding carboxylic acids is 1. The summed E-state index contributed by atoms with van der Waals surface area (Å²) in [7, 11) is 0. The highest BCUT2D eigenvalue weighted by atomic mass is 16.3. The van der Waals surface area contributed by atoms with Gasteiger partial charge in [0, 0.05) is 31.5 Å². The molecular formula is C22H25N7O2. The summed E-state index contributed by atoms with van der Waals surface area (Å²) >= 11 is 0. The fourth-order valence-electron chi connectivity index (χ4n) is 3.79. The van der Waals surface area contributed by atoms with E-state index in [1.54, 1.807) is 59.9 Å². The molecule has 0 saturated carbocycles. The normalized spacial score (nSPS) is 16.8. The van der Waals surface area contributed by atoms with Crippen LogP contribution in [0.4, 0.5) is 5.82 Å². The lowest BCUT2D eigenvalue weighted by molar-refractivity contribution is -0.136. The van der Waals surface area contributed by atoms with Crippen LogP contribution in [0.3, 0.4) is 0 Å². The molecule has 9 heteroatoms. The van der Waals surface area contributed by atoms with Crippen molar-refractivity contribution in [1.29, 1.82) is 5.26 Å². The van der Waals surface area contributed by atoms with Gasteiger partial charge in [-0.3, -0.25) is 9.20 Å². The second-order valence-corrected chi connectivity index (χ2v) is 8.48. The topological polar surface area (TPSA) is 119 Å². The van der Waals surface area contributed by atoms with Crippen LogP contribution in [0.2, 0.25) is 0 Å². The molecule has 4 rings (SSSR count). The molecular weight excluding hydrogens is 394 g/mol. The van der Waals surface area contributed by atoms with Crippen molar-refractivity contribution in [2.75, 3.05) is 18.4 Å². The summed E-state index contributed by atoms with van der Waals surface area (Å²) in [6.07, 6.45) is 7.00. The van der Waals surface area contributed by atoms with E-state index in [4.69, 9.17) is 0 Å². The third kappa shape index (κ3) is 4.81. The summed E-state index contributed by atoms with van der Waals surface area (Å²) in [4.78, 5) is 27.7. The standard InChI is InChI=1S/C22H25N7O2/c1-22(2,31)10-20(30)28-9-3-4-16(14-28)26-18-7-8-24-21(27-18)17-12-25-19-6-5-15(11-23)13-29(17)19/h5-8,12-13,16,31H,3-4,9-10,14H2,1-2H3,(H,24,26,27)/t16-/m1/s1. The average molecular weight is 419 g/mol. The number of nitriles is 1. The monoisotopic (exact) mass is 419 g/mol. The molecule has 0 spiro atoms. The number of nitrogens with zero attached hydrogens (tertiary/aromatic N) is 6. The molecule has 0 aliphatic carbocycles. The molecule has 31 heavy (non-hydrogen) atoms. The summed E-state index contributed by atoms with van der Waals surface area (Å²) < 4.78 is 1.80. The molecule has 0 radical (unpaired) electrons. The fourth-order valence-corrected chi connectivity index (χ4v) is 3.79. The Hall–Kier alpha value is -3.51. The molecule has 1 fully saturated rings. The van der Waals surface area contributed by atoms with Crippen molar-refractivity contribution in [2.24, 2.45) is 0 Å². The molecule has 1 aliphatic rings. The van der Waals surface area contributed by atoms with Gasteiger partial charge >= 0.3 is 0 Å². The second kappa shape index (κ2) is 8.32. The van der Waals surface area contributed by atoms with Gasteiger partial charge in [-0.1, -0.05) is 0 Å². The molecule has 1 saturated heterocycles. The second-order valence-electron chi connectivity index (χ2n) is 8.48. The number of rotatable bonds is 5. The number of aliphatic hydroxyl groups is 1. The Morgan fingerprint density at radius 1 is 1.35 bits per heavy atom. The van der Waals surface area contributed by atoms with E-state index in [0.717, 1.165) is 12.8 Å². The van der Waals surface area contributed by atoms with E-state index in [1.807, 2.05) is 0 Å². The van der Waals surface area contributed by atoms with Crippen LogP contribution in [0.5, 0.6) is 0 Å². The Bertz CT molecular complexity index is 1140. The van der Waals surface area contributed by atoms with Crippen molar-refractivity contribution in [3.8, 4) is 17.6 Å². The minimum atomic E-state index is -1.02. The number of hydrogen-bond acceptors (Lipinski definition) is 7. The van der Waals surface area contributed by atoms with Crippen molar-refractivity contribution in [1.82, 2.24) is 24.3 Å². The zero-order chi connectivity index (χ0) is 22.0. The first kappa shape index (κ1) is 20.8. The number of hydrogen-bond donors (Lipinski definition) is 2. The Balaban J connectivity index is 1.51. The van der Waals surface area contributed by atoms with Gasteiger partial charge in [0.15, 0.2) is 5.82 Å². The van der Waals surface area contributed by atoms with E-state index < -0.39 is 5.60 Å². The van der Waals surface area contributed by atoms with Gasteiger partial charge in [-0.05, 0) is 44.9 Å². The first-order valence-electron chi connectivity index (χ1n) is 10.3. The van der Waals surface area contributed by atoms with E-state index >= 15 is 0 Å². The van der Waals surface area contributed by atoms with Crippen molar-refractivity contribution < 1.29 is 9.90 Å². The maximum Gasteiger partial charge on any atom is 0.225 e. The van der Waals surface area contributed by atoms with Crippen LogP contribution in [-0.2, 0) is 4.79 Å². The van der Waals surface area contributed by atoms with E-state index in [9.17, 15) is 15.2 Å². The number of aromatic nitrogens is 4. The predicted molar refractivity (Wildman–Crippen MR) is 115 cm³/mol. The van der Waals surface area contributed by atoms with Gasteiger partial charge < -0.3 is 15.3 Å². The summed E-state index contributed by atoms with van der Waals surface area (Å²) in [5.74, 6) is 1.12. The number of likely N-dealkylation sites (tertiary alicyclic amines) is 1. The number of anilines is 1.